The number of pyridine rings is 1. The second-order valence-electron chi connectivity index (χ2n) is 4.84. The second kappa shape index (κ2) is 4.84. The zero-order chi connectivity index (χ0) is 12.4. The van der Waals surface area contributed by atoms with Crippen LogP contribution in [-0.4, -0.2) is 11.5 Å². The number of rotatable bonds is 2. The fraction of sp³-hybridized carbons (Fsp3) is 0.400. The van der Waals surface area contributed by atoms with Crippen molar-refractivity contribution in [1.82, 2.24) is 4.98 Å². The first kappa shape index (κ1) is 11.3. The van der Waals surface area contributed by atoms with Crippen molar-refractivity contribution in [3.63, 3.8) is 0 Å². The number of furan rings is 1. The van der Waals surface area contributed by atoms with Crippen LogP contribution in [0.4, 0.5) is 5.82 Å². The maximum absolute atomic E-state index is 5.81. The van der Waals surface area contributed by atoms with Gasteiger partial charge in [0.15, 0.2) is 0 Å². The summed E-state index contributed by atoms with van der Waals surface area (Å²) in [6.07, 6.45) is 5.48. The van der Waals surface area contributed by atoms with Crippen molar-refractivity contribution >= 4 is 5.82 Å². The van der Waals surface area contributed by atoms with Gasteiger partial charge in [-0.3, -0.25) is 0 Å². The number of aryl methyl sites for hydroxylation is 1. The third kappa shape index (κ3) is 2.13. The van der Waals surface area contributed by atoms with Crippen LogP contribution in [0.25, 0.3) is 0 Å². The lowest BCUT2D eigenvalue weighted by molar-refractivity contribution is 0.381. The predicted octanol–water partition coefficient (Wildman–Crippen LogP) is 3.71. The van der Waals surface area contributed by atoms with E-state index in [0.29, 0.717) is 6.04 Å². The number of hydrogen-bond acceptors (Lipinski definition) is 3. The largest absolute Gasteiger partial charge is 0.464 e. The number of aromatic nitrogens is 1. The highest BCUT2D eigenvalue weighted by molar-refractivity contribution is 5.41. The summed E-state index contributed by atoms with van der Waals surface area (Å²) < 4.78 is 5.81. The van der Waals surface area contributed by atoms with Gasteiger partial charge >= 0.3 is 0 Å². The molecule has 1 aliphatic heterocycles. The van der Waals surface area contributed by atoms with E-state index in [0.717, 1.165) is 30.3 Å². The van der Waals surface area contributed by atoms with Gasteiger partial charge in [-0.25, -0.2) is 4.98 Å². The van der Waals surface area contributed by atoms with Crippen molar-refractivity contribution in [1.29, 1.82) is 0 Å². The van der Waals surface area contributed by atoms with Crippen molar-refractivity contribution in [3.05, 3.63) is 48.0 Å². The minimum atomic E-state index is 0.336. The highest BCUT2D eigenvalue weighted by Gasteiger charge is 2.27. The minimum absolute atomic E-state index is 0.336. The highest BCUT2D eigenvalue weighted by atomic mass is 16.3. The van der Waals surface area contributed by atoms with Crippen molar-refractivity contribution in [2.75, 3.05) is 11.4 Å². The molecule has 3 heteroatoms. The van der Waals surface area contributed by atoms with Crippen LogP contribution >= 0.6 is 0 Å². The van der Waals surface area contributed by atoms with Gasteiger partial charge in [0.05, 0.1) is 6.04 Å². The zero-order valence-corrected chi connectivity index (χ0v) is 10.7. The minimum Gasteiger partial charge on any atom is -0.464 e. The fourth-order valence-electron chi connectivity index (χ4n) is 2.66. The first-order valence-corrected chi connectivity index (χ1v) is 6.58. The van der Waals surface area contributed by atoms with Gasteiger partial charge in [-0.2, -0.15) is 0 Å². The van der Waals surface area contributed by atoms with Gasteiger partial charge in [-0.05, 0) is 50.5 Å². The van der Waals surface area contributed by atoms with Crippen LogP contribution < -0.4 is 4.90 Å². The summed E-state index contributed by atoms with van der Waals surface area (Å²) >= 11 is 0. The molecule has 1 aliphatic rings. The zero-order valence-electron chi connectivity index (χ0n) is 10.7. The maximum atomic E-state index is 5.81. The molecule has 0 radical (unpaired) electrons. The summed E-state index contributed by atoms with van der Waals surface area (Å²) in [6, 6.07) is 10.6. The molecule has 3 rings (SSSR count). The molecule has 94 valence electrons. The van der Waals surface area contributed by atoms with E-state index in [2.05, 4.69) is 22.0 Å². The van der Waals surface area contributed by atoms with Crippen LogP contribution in [-0.2, 0) is 0 Å². The van der Waals surface area contributed by atoms with Gasteiger partial charge in [0.2, 0.25) is 0 Å². The maximum Gasteiger partial charge on any atom is 0.129 e. The van der Waals surface area contributed by atoms with Gasteiger partial charge < -0.3 is 9.32 Å². The first-order chi connectivity index (χ1) is 8.84. The third-order valence-corrected chi connectivity index (χ3v) is 3.54. The standard InChI is InChI=1S/C15H18N2O/c1-12-8-9-14(18-12)13-6-3-5-11-17(13)15-7-2-4-10-16-15/h2,4,7-10,13H,3,5-6,11H2,1H3. The summed E-state index contributed by atoms with van der Waals surface area (Å²) in [6.45, 7) is 3.05. The molecule has 1 saturated heterocycles. The van der Waals surface area contributed by atoms with Crippen molar-refractivity contribution in [2.24, 2.45) is 0 Å². The highest BCUT2D eigenvalue weighted by Crippen LogP contribution is 2.34. The summed E-state index contributed by atoms with van der Waals surface area (Å²) in [5.41, 5.74) is 0. The molecule has 0 saturated carbocycles. The van der Waals surface area contributed by atoms with Crippen molar-refractivity contribution in [3.8, 4) is 0 Å². The van der Waals surface area contributed by atoms with Crippen LogP contribution in [0.2, 0.25) is 0 Å². The molecule has 2 aromatic heterocycles. The van der Waals surface area contributed by atoms with Gasteiger partial charge in [0, 0.05) is 12.7 Å². The Hall–Kier alpha value is -1.77. The Balaban J connectivity index is 1.91. The van der Waals surface area contributed by atoms with E-state index >= 15 is 0 Å². The Morgan fingerprint density at radius 1 is 1.22 bits per heavy atom. The van der Waals surface area contributed by atoms with Crippen LogP contribution in [0.3, 0.4) is 0 Å². The molecule has 0 aromatic carbocycles. The van der Waals surface area contributed by atoms with Crippen LogP contribution in [0.5, 0.6) is 0 Å². The molecular weight excluding hydrogens is 224 g/mol. The predicted molar refractivity (Wildman–Crippen MR) is 71.6 cm³/mol. The van der Waals surface area contributed by atoms with Crippen LogP contribution in [0.1, 0.15) is 36.8 Å². The molecular formula is C15H18N2O. The van der Waals surface area contributed by atoms with Gasteiger partial charge in [-0.1, -0.05) is 6.07 Å². The van der Waals surface area contributed by atoms with E-state index in [-0.39, 0.29) is 0 Å². The molecule has 0 spiro atoms. The monoisotopic (exact) mass is 242 g/mol. The second-order valence-corrected chi connectivity index (χ2v) is 4.84. The van der Waals surface area contributed by atoms with E-state index < -0.39 is 0 Å². The number of nitrogens with zero attached hydrogens (tertiary/aromatic N) is 2. The number of anilines is 1. The SMILES string of the molecule is Cc1ccc(C2CCCCN2c2ccccn2)o1. The summed E-state index contributed by atoms with van der Waals surface area (Å²) in [5, 5.41) is 0. The molecule has 0 aliphatic carbocycles. The Bertz CT molecular complexity index is 506. The normalized spacial score (nSPS) is 20.1. The molecule has 3 nitrogen and oxygen atoms in total. The molecule has 1 fully saturated rings. The third-order valence-electron chi connectivity index (χ3n) is 3.54. The van der Waals surface area contributed by atoms with E-state index in [1.807, 2.05) is 31.3 Å². The lowest BCUT2D eigenvalue weighted by Gasteiger charge is -2.35. The number of piperidine rings is 1. The average molecular weight is 242 g/mol. The van der Waals surface area contributed by atoms with Crippen molar-refractivity contribution < 1.29 is 4.42 Å². The Morgan fingerprint density at radius 3 is 2.89 bits per heavy atom. The topological polar surface area (TPSA) is 29.3 Å². The molecule has 0 amide bonds. The molecule has 1 unspecified atom stereocenters. The fourth-order valence-corrected chi connectivity index (χ4v) is 2.66. The molecule has 0 bridgehead atoms. The van der Waals surface area contributed by atoms with Crippen molar-refractivity contribution in [2.45, 2.75) is 32.2 Å². The molecule has 2 aromatic rings. The summed E-state index contributed by atoms with van der Waals surface area (Å²) in [4.78, 5) is 6.83. The summed E-state index contributed by atoms with van der Waals surface area (Å²) in [5.74, 6) is 3.10. The van der Waals surface area contributed by atoms with Crippen LogP contribution in [0.15, 0.2) is 40.9 Å². The van der Waals surface area contributed by atoms with E-state index in [1.165, 1.54) is 12.8 Å². The summed E-state index contributed by atoms with van der Waals surface area (Å²) in [7, 11) is 0. The molecule has 0 N–H and O–H groups in total. The quantitative estimate of drug-likeness (QED) is 0.803. The van der Waals surface area contributed by atoms with Crippen LogP contribution in [0, 0.1) is 6.92 Å². The lowest BCUT2D eigenvalue weighted by Crippen LogP contribution is -2.33. The Labute approximate surface area is 107 Å². The number of hydrogen-bond donors (Lipinski definition) is 0. The van der Waals surface area contributed by atoms with Gasteiger partial charge in [0.1, 0.15) is 17.3 Å². The first-order valence-electron chi connectivity index (χ1n) is 6.58. The Morgan fingerprint density at radius 2 is 2.17 bits per heavy atom. The molecule has 1 atom stereocenters. The van der Waals surface area contributed by atoms with Gasteiger partial charge in [-0.15, -0.1) is 0 Å². The van der Waals surface area contributed by atoms with E-state index in [4.69, 9.17) is 4.42 Å². The Kier molecular flexibility index (Phi) is 3.05. The van der Waals surface area contributed by atoms with E-state index in [1.54, 1.807) is 0 Å². The van der Waals surface area contributed by atoms with Gasteiger partial charge in [0.25, 0.3) is 0 Å². The van der Waals surface area contributed by atoms with E-state index in [9.17, 15) is 0 Å². The molecule has 18 heavy (non-hydrogen) atoms. The molecule has 3 heterocycles. The average Bonchev–Trinajstić information content (AvgIpc) is 2.86. The smallest absolute Gasteiger partial charge is 0.129 e. The lowest BCUT2D eigenvalue weighted by atomic mass is 10.00.